The van der Waals surface area contributed by atoms with Gasteiger partial charge in [-0.1, -0.05) is 35.5 Å². The van der Waals surface area contributed by atoms with Gasteiger partial charge in [0.15, 0.2) is 11.0 Å². The topological polar surface area (TPSA) is 86.9 Å². The second-order valence-corrected chi connectivity index (χ2v) is 8.92. The Morgan fingerprint density at radius 1 is 1.29 bits per heavy atom. The number of carbonyl (C=O) groups excluding carboxylic acids is 1. The highest BCUT2D eigenvalue weighted by atomic mass is 35.5. The van der Waals surface area contributed by atoms with E-state index < -0.39 is 0 Å². The monoisotopic (exact) mass is 462 g/mol. The molecule has 31 heavy (non-hydrogen) atoms. The molecule has 0 saturated heterocycles. The van der Waals surface area contributed by atoms with Crippen molar-refractivity contribution in [3.63, 3.8) is 0 Å². The lowest BCUT2D eigenvalue weighted by molar-refractivity contribution is -0.115. The van der Waals surface area contributed by atoms with E-state index in [0.29, 0.717) is 29.2 Å². The maximum Gasteiger partial charge on any atom is 0.237 e. The summed E-state index contributed by atoms with van der Waals surface area (Å²) in [6.07, 6.45) is 0.786. The molecule has 0 aliphatic rings. The summed E-state index contributed by atoms with van der Waals surface area (Å²) >= 11 is 7.76. The van der Waals surface area contributed by atoms with Crippen LogP contribution in [-0.2, 0) is 23.1 Å². The number of aryl methyl sites for hydroxylation is 2. The molecule has 0 bridgehead atoms. The van der Waals surface area contributed by atoms with Crippen molar-refractivity contribution in [2.45, 2.75) is 44.1 Å². The molecule has 2 heterocycles. The molecule has 10 heteroatoms. The molecule has 166 valence electrons. The van der Waals surface area contributed by atoms with Gasteiger partial charge in [-0.3, -0.25) is 9.48 Å². The van der Waals surface area contributed by atoms with E-state index >= 15 is 0 Å². The summed E-state index contributed by atoms with van der Waals surface area (Å²) in [6.45, 7) is 6.92. The molecule has 0 spiro atoms. The molecular weight excluding hydrogens is 436 g/mol. The SMILES string of the molecule is COCCCn1c(SC(C)C(=O)Nc2c(C)nn(C)c2C)nnc1-c1ccccc1Cl. The number of hydrogen-bond acceptors (Lipinski definition) is 6. The van der Waals surface area contributed by atoms with Crippen LogP contribution in [0.2, 0.25) is 5.02 Å². The Kier molecular flexibility index (Phi) is 7.74. The van der Waals surface area contributed by atoms with Crippen LogP contribution in [0, 0.1) is 13.8 Å². The summed E-state index contributed by atoms with van der Waals surface area (Å²) in [5.41, 5.74) is 3.25. The van der Waals surface area contributed by atoms with Crippen molar-refractivity contribution >= 4 is 35.0 Å². The second-order valence-electron chi connectivity index (χ2n) is 7.20. The smallest absolute Gasteiger partial charge is 0.237 e. The number of anilines is 1. The number of ether oxygens (including phenoxy) is 1. The number of benzene rings is 1. The molecule has 1 aromatic carbocycles. The minimum absolute atomic E-state index is 0.116. The lowest BCUT2D eigenvalue weighted by atomic mass is 10.2. The van der Waals surface area contributed by atoms with Gasteiger partial charge in [0.05, 0.1) is 27.3 Å². The highest BCUT2D eigenvalue weighted by molar-refractivity contribution is 8.00. The Balaban J connectivity index is 1.82. The summed E-state index contributed by atoms with van der Waals surface area (Å²) in [6, 6.07) is 7.53. The number of nitrogens with zero attached hydrogens (tertiary/aromatic N) is 5. The zero-order chi connectivity index (χ0) is 22.5. The van der Waals surface area contributed by atoms with E-state index in [0.717, 1.165) is 29.1 Å². The van der Waals surface area contributed by atoms with E-state index in [9.17, 15) is 4.79 Å². The van der Waals surface area contributed by atoms with Crippen molar-refractivity contribution in [2.24, 2.45) is 7.05 Å². The Morgan fingerprint density at radius 2 is 2.03 bits per heavy atom. The summed E-state index contributed by atoms with van der Waals surface area (Å²) in [7, 11) is 3.53. The molecule has 1 N–H and O–H groups in total. The third-order valence-corrected chi connectivity index (χ3v) is 6.38. The van der Waals surface area contributed by atoms with E-state index in [1.54, 1.807) is 11.8 Å². The number of nitrogens with one attached hydrogen (secondary N) is 1. The molecule has 1 amide bonds. The van der Waals surface area contributed by atoms with Crippen LogP contribution in [0.4, 0.5) is 5.69 Å². The zero-order valence-electron chi connectivity index (χ0n) is 18.3. The van der Waals surface area contributed by atoms with Gasteiger partial charge in [0.25, 0.3) is 0 Å². The minimum Gasteiger partial charge on any atom is -0.385 e. The van der Waals surface area contributed by atoms with Crippen LogP contribution in [0.1, 0.15) is 24.7 Å². The standard InChI is InChI=1S/C21H27ClN6O2S/c1-13-18(14(2)27(4)26-13)23-20(29)15(3)31-21-25-24-19(28(21)11-8-12-30-5)16-9-6-7-10-17(16)22/h6-7,9-10,15H,8,11-12H2,1-5H3,(H,23,29). The van der Waals surface area contributed by atoms with Crippen molar-refractivity contribution < 1.29 is 9.53 Å². The van der Waals surface area contributed by atoms with E-state index in [1.165, 1.54) is 11.8 Å². The largest absolute Gasteiger partial charge is 0.385 e. The first kappa shape index (κ1) is 23.3. The molecular formula is C21H27ClN6O2S. The van der Waals surface area contributed by atoms with Gasteiger partial charge in [-0.15, -0.1) is 10.2 Å². The van der Waals surface area contributed by atoms with Gasteiger partial charge in [-0.05, 0) is 39.3 Å². The minimum atomic E-state index is -0.386. The van der Waals surface area contributed by atoms with Crippen molar-refractivity contribution in [1.82, 2.24) is 24.5 Å². The van der Waals surface area contributed by atoms with Crippen LogP contribution in [0.25, 0.3) is 11.4 Å². The fourth-order valence-electron chi connectivity index (χ4n) is 3.18. The summed E-state index contributed by atoms with van der Waals surface area (Å²) < 4.78 is 8.95. The van der Waals surface area contributed by atoms with Gasteiger partial charge in [-0.2, -0.15) is 5.10 Å². The van der Waals surface area contributed by atoms with Crippen LogP contribution in [0.3, 0.4) is 0 Å². The van der Waals surface area contributed by atoms with Gasteiger partial charge in [0, 0.05) is 32.9 Å². The molecule has 3 aromatic rings. The van der Waals surface area contributed by atoms with E-state index in [2.05, 4.69) is 20.6 Å². The first-order chi connectivity index (χ1) is 14.8. The maximum absolute atomic E-state index is 12.9. The normalized spacial score (nSPS) is 12.2. The fraction of sp³-hybridized carbons (Fsp3) is 0.429. The van der Waals surface area contributed by atoms with Gasteiger partial charge in [-0.25, -0.2) is 0 Å². The number of hydrogen-bond donors (Lipinski definition) is 1. The van der Waals surface area contributed by atoms with Gasteiger partial charge < -0.3 is 14.6 Å². The molecule has 0 radical (unpaired) electrons. The van der Waals surface area contributed by atoms with Crippen LogP contribution < -0.4 is 5.32 Å². The van der Waals surface area contributed by atoms with Crippen LogP contribution in [0.15, 0.2) is 29.4 Å². The molecule has 3 rings (SSSR count). The van der Waals surface area contributed by atoms with E-state index in [-0.39, 0.29) is 11.2 Å². The molecule has 8 nitrogen and oxygen atoms in total. The molecule has 0 aliphatic carbocycles. The summed E-state index contributed by atoms with van der Waals surface area (Å²) in [5, 5.41) is 17.0. The first-order valence-electron chi connectivity index (χ1n) is 9.98. The molecule has 0 fully saturated rings. The predicted octanol–water partition coefficient (Wildman–Crippen LogP) is 4.10. The predicted molar refractivity (Wildman–Crippen MR) is 124 cm³/mol. The number of thioether (sulfide) groups is 1. The highest BCUT2D eigenvalue weighted by Gasteiger charge is 2.23. The maximum atomic E-state index is 12.9. The van der Waals surface area contributed by atoms with E-state index in [4.69, 9.17) is 16.3 Å². The number of aromatic nitrogens is 5. The zero-order valence-corrected chi connectivity index (χ0v) is 19.9. The Labute approximate surface area is 191 Å². The quantitative estimate of drug-likeness (QED) is 0.380. The second kappa shape index (κ2) is 10.3. The van der Waals surface area contributed by atoms with Gasteiger partial charge >= 0.3 is 0 Å². The lowest BCUT2D eigenvalue weighted by Gasteiger charge is -2.14. The van der Waals surface area contributed by atoms with Crippen LogP contribution in [-0.4, -0.2) is 49.4 Å². The van der Waals surface area contributed by atoms with Crippen LogP contribution in [0.5, 0.6) is 0 Å². The highest BCUT2D eigenvalue weighted by Crippen LogP contribution is 2.31. The van der Waals surface area contributed by atoms with Gasteiger partial charge in [0.2, 0.25) is 5.91 Å². The average Bonchev–Trinajstić information content (AvgIpc) is 3.23. The van der Waals surface area contributed by atoms with Crippen molar-refractivity contribution in [2.75, 3.05) is 19.0 Å². The van der Waals surface area contributed by atoms with Crippen molar-refractivity contribution in [3.05, 3.63) is 40.7 Å². The summed E-state index contributed by atoms with van der Waals surface area (Å²) in [4.78, 5) is 12.9. The Hall–Kier alpha value is -2.36. The van der Waals surface area contributed by atoms with Crippen molar-refractivity contribution in [1.29, 1.82) is 0 Å². The molecule has 1 unspecified atom stereocenters. The summed E-state index contributed by atoms with van der Waals surface area (Å²) in [5.74, 6) is 0.561. The first-order valence-corrected chi connectivity index (χ1v) is 11.2. The molecule has 1 atom stereocenters. The average molecular weight is 463 g/mol. The molecule has 0 aliphatic heterocycles. The number of rotatable bonds is 9. The Bertz CT molecular complexity index is 1060. The van der Waals surface area contributed by atoms with Crippen molar-refractivity contribution in [3.8, 4) is 11.4 Å². The third kappa shape index (κ3) is 5.28. The third-order valence-electron chi connectivity index (χ3n) is 4.97. The number of methoxy groups -OCH3 is 1. The fourth-order valence-corrected chi connectivity index (χ4v) is 4.27. The van der Waals surface area contributed by atoms with Gasteiger partial charge in [0.1, 0.15) is 0 Å². The lowest BCUT2D eigenvalue weighted by Crippen LogP contribution is -2.23. The number of amides is 1. The number of carbonyl (C=O) groups is 1. The molecule has 2 aromatic heterocycles. The number of halogens is 1. The van der Waals surface area contributed by atoms with E-state index in [1.807, 2.05) is 56.7 Å². The molecule has 0 saturated carbocycles. The van der Waals surface area contributed by atoms with Crippen LogP contribution >= 0.6 is 23.4 Å². The Morgan fingerprint density at radius 3 is 2.68 bits per heavy atom.